The summed E-state index contributed by atoms with van der Waals surface area (Å²) >= 11 is 0. The Bertz CT molecular complexity index is 644. The van der Waals surface area contributed by atoms with Crippen LogP contribution in [0.1, 0.15) is 21.5 Å². The number of aldehydes is 1. The van der Waals surface area contributed by atoms with E-state index in [1.165, 1.54) is 11.1 Å². The van der Waals surface area contributed by atoms with Crippen LogP contribution in [0.4, 0.5) is 0 Å². The summed E-state index contributed by atoms with van der Waals surface area (Å²) in [4.78, 5) is 10.0. The Hall–Kier alpha value is -2.93. The van der Waals surface area contributed by atoms with E-state index in [2.05, 4.69) is 36.4 Å². The third kappa shape index (κ3) is 5.59. The zero-order valence-corrected chi connectivity index (χ0v) is 12.3. The van der Waals surface area contributed by atoms with E-state index < -0.39 is 0 Å². The number of hydrogen-bond donors (Lipinski definition) is 0. The zero-order chi connectivity index (χ0) is 15.5. The number of benzene rings is 3. The molecule has 3 aromatic carbocycles. The van der Waals surface area contributed by atoms with Crippen LogP contribution < -0.4 is 0 Å². The van der Waals surface area contributed by atoms with E-state index in [9.17, 15) is 4.79 Å². The Kier molecular flexibility index (Phi) is 6.39. The van der Waals surface area contributed by atoms with E-state index in [0.29, 0.717) is 0 Å². The fourth-order valence-electron chi connectivity index (χ4n) is 1.85. The van der Waals surface area contributed by atoms with E-state index in [0.717, 1.165) is 11.8 Å². The van der Waals surface area contributed by atoms with Crippen molar-refractivity contribution in [3.8, 4) is 0 Å². The number of hydrogen-bond acceptors (Lipinski definition) is 1. The van der Waals surface area contributed by atoms with Crippen molar-refractivity contribution >= 4 is 18.4 Å². The average Bonchev–Trinajstić information content (AvgIpc) is 2.63. The second-order valence-corrected chi connectivity index (χ2v) is 4.68. The van der Waals surface area contributed by atoms with Gasteiger partial charge in [-0.25, -0.2) is 0 Å². The molecule has 0 N–H and O–H groups in total. The Balaban J connectivity index is 0.000000188. The molecule has 0 amide bonds. The molecule has 22 heavy (non-hydrogen) atoms. The fourth-order valence-corrected chi connectivity index (χ4v) is 1.85. The molecule has 108 valence electrons. The molecule has 0 unspecified atom stereocenters. The van der Waals surface area contributed by atoms with Gasteiger partial charge in [-0.2, -0.15) is 0 Å². The van der Waals surface area contributed by atoms with Gasteiger partial charge >= 0.3 is 0 Å². The average molecular weight is 286 g/mol. The summed E-state index contributed by atoms with van der Waals surface area (Å²) in [6, 6.07) is 29.7. The van der Waals surface area contributed by atoms with Gasteiger partial charge in [-0.1, -0.05) is 103 Å². The third-order valence-electron chi connectivity index (χ3n) is 3.00. The summed E-state index contributed by atoms with van der Waals surface area (Å²) in [6.45, 7) is 0. The van der Waals surface area contributed by atoms with Gasteiger partial charge in [0.25, 0.3) is 0 Å². The van der Waals surface area contributed by atoms with Crippen LogP contribution in [0, 0.1) is 0 Å². The van der Waals surface area contributed by atoms with Gasteiger partial charge in [0.2, 0.25) is 0 Å². The normalized spacial score (nSPS) is 9.82. The van der Waals surface area contributed by atoms with Crippen molar-refractivity contribution in [3.63, 3.8) is 0 Å². The molecule has 3 aromatic rings. The molecule has 0 bridgehead atoms. The molecular weight excluding hydrogens is 268 g/mol. The number of carbonyl (C=O) groups is 1. The van der Waals surface area contributed by atoms with Crippen molar-refractivity contribution in [3.05, 3.63) is 108 Å². The third-order valence-corrected chi connectivity index (χ3v) is 3.00. The standard InChI is InChI=1S/C14H12.C7H6O/c1-3-7-13(8-4-1)11-12-14-9-5-2-6-10-14;8-6-7-4-2-1-3-5-7/h1-12H;1-6H. The highest BCUT2D eigenvalue weighted by molar-refractivity contribution is 5.74. The molecule has 0 atom stereocenters. The van der Waals surface area contributed by atoms with Crippen LogP contribution >= 0.6 is 0 Å². The van der Waals surface area contributed by atoms with Crippen LogP contribution in [0.3, 0.4) is 0 Å². The van der Waals surface area contributed by atoms with Gasteiger partial charge in [0.05, 0.1) is 0 Å². The van der Waals surface area contributed by atoms with Crippen LogP contribution in [0.5, 0.6) is 0 Å². The summed E-state index contributed by atoms with van der Waals surface area (Å²) in [6.07, 6.45) is 5.07. The Morgan fingerprint density at radius 3 is 1.05 bits per heavy atom. The van der Waals surface area contributed by atoms with Crippen molar-refractivity contribution in [1.82, 2.24) is 0 Å². The van der Waals surface area contributed by atoms with Gasteiger partial charge in [-0.15, -0.1) is 0 Å². The molecule has 0 fully saturated rings. The molecule has 0 aliphatic carbocycles. The second kappa shape index (κ2) is 9.09. The summed E-state index contributed by atoms with van der Waals surface area (Å²) < 4.78 is 0. The molecule has 0 radical (unpaired) electrons. The smallest absolute Gasteiger partial charge is 0.150 e. The minimum absolute atomic E-state index is 0.729. The highest BCUT2D eigenvalue weighted by Crippen LogP contribution is 2.06. The first kappa shape index (κ1) is 15.5. The maximum Gasteiger partial charge on any atom is 0.150 e. The molecular formula is C21H18O. The molecule has 0 heterocycles. The van der Waals surface area contributed by atoms with Crippen LogP contribution in [0.2, 0.25) is 0 Å². The number of rotatable bonds is 3. The summed E-state index contributed by atoms with van der Waals surface area (Å²) in [5, 5.41) is 0. The maximum atomic E-state index is 10.0. The largest absolute Gasteiger partial charge is 0.298 e. The fraction of sp³-hybridized carbons (Fsp3) is 0. The van der Waals surface area contributed by atoms with Gasteiger partial charge in [0.15, 0.2) is 0 Å². The SMILES string of the molecule is C(=Cc1ccccc1)c1ccccc1.O=Cc1ccccc1. The van der Waals surface area contributed by atoms with Gasteiger partial charge in [-0.05, 0) is 11.1 Å². The minimum atomic E-state index is 0.729. The van der Waals surface area contributed by atoms with Gasteiger partial charge in [0.1, 0.15) is 6.29 Å². The first-order valence-electron chi connectivity index (χ1n) is 7.17. The van der Waals surface area contributed by atoms with Crippen LogP contribution in [0.15, 0.2) is 91.0 Å². The first-order chi connectivity index (χ1) is 10.9. The summed E-state index contributed by atoms with van der Waals surface area (Å²) in [7, 11) is 0. The van der Waals surface area contributed by atoms with Gasteiger partial charge in [0, 0.05) is 5.56 Å². The zero-order valence-electron chi connectivity index (χ0n) is 12.3. The van der Waals surface area contributed by atoms with Crippen molar-refractivity contribution in [2.45, 2.75) is 0 Å². The number of carbonyl (C=O) groups excluding carboxylic acids is 1. The van der Waals surface area contributed by atoms with Crippen molar-refractivity contribution in [2.75, 3.05) is 0 Å². The van der Waals surface area contributed by atoms with E-state index in [1.807, 2.05) is 54.6 Å². The quantitative estimate of drug-likeness (QED) is 0.468. The Morgan fingerprint density at radius 1 is 0.455 bits per heavy atom. The monoisotopic (exact) mass is 286 g/mol. The van der Waals surface area contributed by atoms with Crippen LogP contribution in [-0.4, -0.2) is 6.29 Å². The molecule has 1 nitrogen and oxygen atoms in total. The van der Waals surface area contributed by atoms with E-state index in [4.69, 9.17) is 0 Å². The maximum absolute atomic E-state index is 10.0. The Labute approximate surface area is 131 Å². The lowest BCUT2D eigenvalue weighted by Gasteiger charge is -1.92. The lowest BCUT2D eigenvalue weighted by molar-refractivity contribution is 0.112. The lowest BCUT2D eigenvalue weighted by Crippen LogP contribution is -1.73. The van der Waals surface area contributed by atoms with Crippen molar-refractivity contribution in [2.24, 2.45) is 0 Å². The molecule has 3 rings (SSSR count). The van der Waals surface area contributed by atoms with Crippen molar-refractivity contribution < 1.29 is 4.79 Å². The van der Waals surface area contributed by atoms with Gasteiger partial charge in [-0.3, -0.25) is 4.79 Å². The predicted molar refractivity (Wildman–Crippen MR) is 93.6 cm³/mol. The minimum Gasteiger partial charge on any atom is -0.298 e. The summed E-state index contributed by atoms with van der Waals surface area (Å²) in [5.74, 6) is 0. The van der Waals surface area contributed by atoms with Crippen LogP contribution in [-0.2, 0) is 0 Å². The predicted octanol–water partition coefficient (Wildman–Crippen LogP) is 5.36. The first-order valence-corrected chi connectivity index (χ1v) is 7.17. The highest BCUT2D eigenvalue weighted by Gasteiger charge is 1.84. The molecule has 0 aliphatic rings. The molecule has 1 heteroatoms. The molecule has 0 saturated carbocycles. The van der Waals surface area contributed by atoms with Gasteiger partial charge < -0.3 is 0 Å². The molecule has 0 aromatic heterocycles. The van der Waals surface area contributed by atoms with E-state index in [-0.39, 0.29) is 0 Å². The van der Waals surface area contributed by atoms with Crippen molar-refractivity contribution in [1.29, 1.82) is 0 Å². The van der Waals surface area contributed by atoms with E-state index >= 15 is 0 Å². The lowest BCUT2D eigenvalue weighted by atomic mass is 10.1. The topological polar surface area (TPSA) is 17.1 Å². The summed E-state index contributed by atoms with van der Waals surface area (Å²) in [5.41, 5.74) is 3.19. The Morgan fingerprint density at radius 2 is 0.773 bits per heavy atom. The van der Waals surface area contributed by atoms with Crippen LogP contribution in [0.25, 0.3) is 12.2 Å². The van der Waals surface area contributed by atoms with E-state index in [1.54, 1.807) is 12.1 Å². The molecule has 0 aliphatic heterocycles. The molecule has 0 saturated heterocycles. The second-order valence-electron chi connectivity index (χ2n) is 4.68. The highest BCUT2D eigenvalue weighted by atomic mass is 16.1. The molecule has 0 spiro atoms.